The minimum absolute atomic E-state index is 0.146. The molecule has 1 N–H and O–H groups in total. The molecule has 0 aliphatic carbocycles. The van der Waals surface area contributed by atoms with Gasteiger partial charge in [-0.25, -0.2) is 8.42 Å². The monoisotopic (exact) mass is 436 g/mol. The molecule has 0 unspecified atom stereocenters. The van der Waals surface area contributed by atoms with Gasteiger partial charge in [0.15, 0.2) is 0 Å². The van der Waals surface area contributed by atoms with Gasteiger partial charge in [0, 0.05) is 18.1 Å². The first-order chi connectivity index (χ1) is 13.9. The molecule has 0 spiro atoms. The smallest absolute Gasteiger partial charge is 0.243 e. The van der Waals surface area contributed by atoms with Crippen molar-refractivity contribution in [3.63, 3.8) is 0 Å². The number of halogens is 1. The third-order valence-corrected chi connectivity index (χ3v) is 7.05. The van der Waals surface area contributed by atoms with Gasteiger partial charge in [-0.3, -0.25) is 4.79 Å². The number of carbonyl (C=O) groups is 1. The number of hydrogen-bond donors (Lipinski definition) is 1. The Morgan fingerprint density at radius 2 is 1.83 bits per heavy atom. The fraction of sp³-hybridized carbons (Fsp3) is 0.381. The van der Waals surface area contributed by atoms with Crippen molar-refractivity contribution in [2.75, 3.05) is 13.2 Å². The lowest BCUT2D eigenvalue weighted by molar-refractivity contribution is -0.125. The van der Waals surface area contributed by atoms with E-state index in [0.29, 0.717) is 31.1 Å². The number of hydrogen-bond acceptors (Lipinski definition) is 4. The summed E-state index contributed by atoms with van der Waals surface area (Å²) >= 11 is 5.87. The second-order valence-electron chi connectivity index (χ2n) is 6.88. The highest BCUT2D eigenvalue weighted by Crippen LogP contribution is 2.26. The Kier molecular flexibility index (Phi) is 7.16. The zero-order chi connectivity index (χ0) is 20.9. The molecule has 1 heterocycles. The molecule has 6 nitrogen and oxygen atoms in total. The molecule has 0 bridgehead atoms. The molecule has 0 saturated carbocycles. The van der Waals surface area contributed by atoms with Gasteiger partial charge < -0.3 is 10.1 Å². The third-order valence-electron chi connectivity index (χ3n) is 4.88. The highest BCUT2D eigenvalue weighted by Gasteiger charge is 2.37. The first-order valence-corrected chi connectivity index (χ1v) is 11.5. The molecule has 1 aliphatic rings. The molecular weight excluding hydrogens is 412 g/mol. The largest absolute Gasteiger partial charge is 0.494 e. The van der Waals surface area contributed by atoms with E-state index >= 15 is 0 Å². The van der Waals surface area contributed by atoms with Gasteiger partial charge in [-0.05, 0) is 61.7 Å². The van der Waals surface area contributed by atoms with Crippen molar-refractivity contribution in [3.8, 4) is 5.75 Å². The van der Waals surface area contributed by atoms with Gasteiger partial charge >= 0.3 is 0 Å². The molecule has 2 aromatic rings. The Hall–Kier alpha value is -2.09. The van der Waals surface area contributed by atoms with E-state index in [9.17, 15) is 13.2 Å². The van der Waals surface area contributed by atoms with Crippen molar-refractivity contribution in [2.24, 2.45) is 0 Å². The summed E-state index contributed by atoms with van der Waals surface area (Å²) < 4.78 is 32.9. The SMILES string of the molecule is CCOc1ccc(CNC(=O)[C@@H]2CCCCN2S(=O)(=O)c2ccc(Cl)cc2)cc1. The Balaban J connectivity index is 1.70. The van der Waals surface area contributed by atoms with Gasteiger partial charge in [0.25, 0.3) is 0 Å². The second-order valence-corrected chi connectivity index (χ2v) is 9.20. The Morgan fingerprint density at radius 3 is 2.48 bits per heavy atom. The van der Waals surface area contributed by atoms with Crippen LogP contribution in [0.2, 0.25) is 5.02 Å². The van der Waals surface area contributed by atoms with E-state index in [1.165, 1.54) is 16.4 Å². The molecule has 8 heteroatoms. The van der Waals surface area contributed by atoms with Crippen LogP contribution in [0, 0.1) is 0 Å². The maximum Gasteiger partial charge on any atom is 0.243 e. The zero-order valence-corrected chi connectivity index (χ0v) is 17.9. The van der Waals surface area contributed by atoms with Gasteiger partial charge in [-0.15, -0.1) is 0 Å². The molecule has 0 radical (unpaired) electrons. The van der Waals surface area contributed by atoms with Crippen molar-refractivity contribution in [1.82, 2.24) is 9.62 Å². The van der Waals surface area contributed by atoms with Crippen LogP contribution in [0.1, 0.15) is 31.7 Å². The van der Waals surface area contributed by atoms with Gasteiger partial charge in [0.2, 0.25) is 15.9 Å². The fourth-order valence-corrected chi connectivity index (χ4v) is 5.16. The van der Waals surface area contributed by atoms with E-state index in [4.69, 9.17) is 16.3 Å². The van der Waals surface area contributed by atoms with Crippen LogP contribution in [0.5, 0.6) is 5.75 Å². The van der Waals surface area contributed by atoms with E-state index in [1.54, 1.807) is 12.1 Å². The number of piperidine rings is 1. The minimum atomic E-state index is -3.77. The van der Waals surface area contributed by atoms with E-state index < -0.39 is 16.1 Å². The predicted octanol–water partition coefficient (Wildman–Crippen LogP) is 3.60. The lowest BCUT2D eigenvalue weighted by atomic mass is 10.0. The fourth-order valence-electron chi connectivity index (χ4n) is 3.37. The van der Waals surface area contributed by atoms with Crippen LogP contribution < -0.4 is 10.1 Å². The Morgan fingerprint density at radius 1 is 1.14 bits per heavy atom. The predicted molar refractivity (Wildman–Crippen MR) is 112 cm³/mol. The Labute approximate surface area is 176 Å². The quantitative estimate of drug-likeness (QED) is 0.719. The topological polar surface area (TPSA) is 75.7 Å². The highest BCUT2D eigenvalue weighted by molar-refractivity contribution is 7.89. The second kappa shape index (κ2) is 9.61. The van der Waals surface area contributed by atoms with Crippen molar-refractivity contribution in [3.05, 3.63) is 59.1 Å². The number of ether oxygens (including phenoxy) is 1. The van der Waals surface area contributed by atoms with Gasteiger partial charge in [-0.2, -0.15) is 4.31 Å². The average Bonchev–Trinajstić information content (AvgIpc) is 2.73. The lowest BCUT2D eigenvalue weighted by Crippen LogP contribution is -2.51. The molecule has 1 saturated heterocycles. The molecule has 1 aliphatic heterocycles. The van der Waals surface area contributed by atoms with Crippen molar-refractivity contribution in [2.45, 2.75) is 43.7 Å². The van der Waals surface area contributed by atoms with Crippen molar-refractivity contribution < 1.29 is 17.9 Å². The summed E-state index contributed by atoms with van der Waals surface area (Å²) in [5.41, 5.74) is 0.921. The number of carbonyl (C=O) groups excluding carboxylic acids is 1. The van der Waals surface area contributed by atoms with E-state index in [0.717, 1.165) is 24.2 Å². The molecular formula is C21H25ClN2O4S. The Bertz CT molecular complexity index is 930. The van der Waals surface area contributed by atoms with Crippen LogP contribution >= 0.6 is 11.6 Å². The number of benzene rings is 2. The zero-order valence-electron chi connectivity index (χ0n) is 16.3. The number of nitrogens with one attached hydrogen (secondary N) is 1. The maximum atomic E-state index is 13.1. The van der Waals surface area contributed by atoms with Gasteiger partial charge in [0.05, 0.1) is 11.5 Å². The summed E-state index contributed by atoms with van der Waals surface area (Å²) in [6.45, 7) is 3.17. The average molecular weight is 437 g/mol. The van der Waals surface area contributed by atoms with Crippen molar-refractivity contribution in [1.29, 1.82) is 0 Å². The number of rotatable bonds is 7. The van der Waals surface area contributed by atoms with Crippen LogP contribution in [0.15, 0.2) is 53.4 Å². The summed E-state index contributed by atoms with van der Waals surface area (Å²) in [6, 6.07) is 12.8. The summed E-state index contributed by atoms with van der Waals surface area (Å²) in [5, 5.41) is 3.34. The third kappa shape index (κ3) is 5.29. The highest BCUT2D eigenvalue weighted by atomic mass is 35.5. The molecule has 2 aromatic carbocycles. The molecule has 1 amide bonds. The van der Waals surface area contributed by atoms with Crippen LogP contribution in [-0.2, 0) is 21.4 Å². The van der Waals surface area contributed by atoms with Gasteiger partial charge in [0.1, 0.15) is 11.8 Å². The molecule has 0 aromatic heterocycles. The molecule has 1 atom stereocenters. The molecule has 156 valence electrons. The summed E-state index contributed by atoms with van der Waals surface area (Å²) in [6.07, 6.45) is 2.05. The van der Waals surface area contributed by atoms with Crippen LogP contribution in [-0.4, -0.2) is 37.8 Å². The lowest BCUT2D eigenvalue weighted by Gasteiger charge is -2.33. The summed E-state index contributed by atoms with van der Waals surface area (Å²) in [5.74, 6) is 0.492. The molecule has 1 fully saturated rings. The van der Waals surface area contributed by atoms with E-state index in [2.05, 4.69) is 5.32 Å². The van der Waals surface area contributed by atoms with E-state index in [-0.39, 0.29) is 10.8 Å². The molecule has 29 heavy (non-hydrogen) atoms. The normalized spacial score (nSPS) is 17.7. The number of sulfonamides is 1. The minimum Gasteiger partial charge on any atom is -0.494 e. The van der Waals surface area contributed by atoms with E-state index in [1.807, 2.05) is 31.2 Å². The number of nitrogens with zero attached hydrogens (tertiary/aromatic N) is 1. The summed E-state index contributed by atoms with van der Waals surface area (Å²) in [4.78, 5) is 13.0. The molecule has 3 rings (SSSR count). The van der Waals surface area contributed by atoms with Crippen LogP contribution in [0.3, 0.4) is 0 Å². The maximum absolute atomic E-state index is 13.1. The first kappa shape index (κ1) is 21.6. The van der Waals surface area contributed by atoms with Gasteiger partial charge in [-0.1, -0.05) is 30.2 Å². The van der Waals surface area contributed by atoms with Crippen LogP contribution in [0.4, 0.5) is 0 Å². The first-order valence-electron chi connectivity index (χ1n) is 9.68. The standard InChI is InChI=1S/C21H25ClN2O4S/c1-2-28-18-10-6-16(7-11-18)15-23-21(25)20-5-3-4-14-24(20)29(26,27)19-12-8-17(22)9-13-19/h6-13,20H,2-5,14-15H2,1H3,(H,23,25)/t20-/m0/s1. The summed E-state index contributed by atoms with van der Waals surface area (Å²) in [7, 11) is -3.77. The van der Waals surface area contributed by atoms with Crippen LogP contribution in [0.25, 0.3) is 0 Å². The van der Waals surface area contributed by atoms with Crippen molar-refractivity contribution >= 4 is 27.5 Å². The number of amides is 1.